The largest absolute Gasteiger partial charge is 0.487 e. The molecule has 1 aromatic carbocycles. The Kier molecular flexibility index (Phi) is 3.44. The molecule has 0 N–H and O–H groups in total. The molecule has 5 heteroatoms. The first-order valence-electron chi connectivity index (χ1n) is 5.96. The molecule has 0 aliphatic rings. The van der Waals surface area contributed by atoms with Crippen LogP contribution in [0.4, 0.5) is 0 Å². The van der Waals surface area contributed by atoms with Crippen LogP contribution in [0.1, 0.15) is 16.8 Å². The van der Waals surface area contributed by atoms with Crippen LogP contribution in [0.15, 0.2) is 36.0 Å². The Morgan fingerprint density at radius 1 is 1.42 bits per heavy atom. The third-order valence-electron chi connectivity index (χ3n) is 2.94. The third-order valence-corrected chi connectivity index (χ3v) is 4.00. The summed E-state index contributed by atoms with van der Waals surface area (Å²) in [5.41, 5.74) is 3.04. The lowest BCUT2D eigenvalue weighted by molar-refractivity contribution is 0.297. The average Bonchev–Trinajstić information content (AvgIpc) is 2.97. The fourth-order valence-corrected chi connectivity index (χ4v) is 2.95. The predicted octanol–water partition coefficient (Wildman–Crippen LogP) is 4.02. The number of hydrogen-bond acceptors (Lipinski definition) is 3. The lowest BCUT2D eigenvalue weighted by Crippen LogP contribution is -2.00. The number of alkyl halides is 1. The van der Waals surface area contributed by atoms with E-state index in [0.717, 1.165) is 27.5 Å². The van der Waals surface area contributed by atoms with Crippen molar-refractivity contribution in [3.63, 3.8) is 0 Å². The highest BCUT2D eigenvalue weighted by molar-refractivity contribution is 7.15. The van der Waals surface area contributed by atoms with Gasteiger partial charge >= 0.3 is 0 Å². The number of nitrogens with zero attached hydrogens (tertiary/aromatic N) is 2. The zero-order valence-corrected chi connectivity index (χ0v) is 12.0. The van der Waals surface area contributed by atoms with Gasteiger partial charge in [-0.15, -0.1) is 22.9 Å². The highest BCUT2D eigenvalue weighted by Crippen LogP contribution is 2.26. The van der Waals surface area contributed by atoms with Gasteiger partial charge in [0.15, 0.2) is 4.96 Å². The number of halogens is 1. The maximum Gasteiger partial charge on any atom is 0.193 e. The summed E-state index contributed by atoms with van der Waals surface area (Å²) in [7, 11) is 0. The summed E-state index contributed by atoms with van der Waals surface area (Å²) < 4.78 is 7.89. The monoisotopic (exact) mass is 292 g/mol. The zero-order valence-electron chi connectivity index (χ0n) is 10.5. The molecule has 3 aromatic rings. The summed E-state index contributed by atoms with van der Waals surface area (Å²) in [4.78, 5) is 5.48. The van der Waals surface area contributed by atoms with Crippen molar-refractivity contribution in [3.05, 3.63) is 52.8 Å². The number of para-hydroxylation sites is 1. The van der Waals surface area contributed by atoms with E-state index in [-0.39, 0.29) is 0 Å². The summed E-state index contributed by atoms with van der Waals surface area (Å²) in [6, 6.07) is 6.00. The van der Waals surface area contributed by atoms with Crippen molar-refractivity contribution in [2.24, 2.45) is 0 Å². The molecule has 0 bridgehead atoms. The van der Waals surface area contributed by atoms with Crippen LogP contribution in [0.25, 0.3) is 4.96 Å². The Bertz CT molecular complexity index is 676. The van der Waals surface area contributed by atoms with Gasteiger partial charge in [-0.25, -0.2) is 4.98 Å². The molecule has 2 heterocycles. The van der Waals surface area contributed by atoms with Gasteiger partial charge in [0.25, 0.3) is 0 Å². The summed E-state index contributed by atoms with van der Waals surface area (Å²) >= 11 is 7.55. The van der Waals surface area contributed by atoms with Gasteiger partial charge in [0, 0.05) is 23.3 Å². The van der Waals surface area contributed by atoms with Crippen molar-refractivity contribution >= 4 is 27.9 Å². The van der Waals surface area contributed by atoms with Gasteiger partial charge in [-0.05, 0) is 12.5 Å². The molecule has 0 aliphatic heterocycles. The van der Waals surface area contributed by atoms with Gasteiger partial charge in [0.1, 0.15) is 12.4 Å². The number of rotatable bonds is 4. The molecule has 3 rings (SSSR count). The van der Waals surface area contributed by atoms with Crippen LogP contribution in [0, 0.1) is 6.92 Å². The zero-order chi connectivity index (χ0) is 13.2. The second kappa shape index (κ2) is 5.23. The van der Waals surface area contributed by atoms with E-state index in [2.05, 4.69) is 4.98 Å². The van der Waals surface area contributed by atoms with E-state index < -0.39 is 0 Å². The van der Waals surface area contributed by atoms with Crippen LogP contribution in [0.2, 0.25) is 0 Å². The number of aromatic nitrogens is 2. The first-order valence-corrected chi connectivity index (χ1v) is 7.37. The lowest BCUT2D eigenvalue weighted by Gasteiger charge is -2.11. The van der Waals surface area contributed by atoms with Crippen molar-refractivity contribution in [1.29, 1.82) is 0 Å². The molecule has 0 unspecified atom stereocenters. The standard InChI is InChI=1S/C14H13ClN2OS/c1-10-3-2-4-11(7-15)13(10)18-9-12-8-17-5-6-19-14(17)16-12/h2-6,8H,7,9H2,1H3. The van der Waals surface area contributed by atoms with Gasteiger partial charge in [0.05, 0.1) is 11.6 Å². The van der Waals surface area contributed by atoms with E-state index >= 15 is 0 Å². The van der Waals surface area contributed by atoms with E-state index in [4.69, 9.17) is 16.3 Å². The molecule has 0 atom stereocenters. The molecule has 0 saturated carbocycles. The van der Waals surface area contributed by atoms with Gasteiger partial charge in [-0.2, -0.15) is 0 Å². The molecule has 0 spiro atoms. The average molecular weight is 293 g/mol. The Balaban J connectivity index is 1.80. The molecular formula is C14H13ClN2OS. The quantitative estimate of drug-likeness (QED) is 0.679. The van der Waals surface area contributed by atoms with E-state index in [0.29, 0.717) is 12.5 Å². The summed E-state index contributed by atoms with van der Waals surface area (Å²) in [5, 5.41) is 2.01. The van der Waals surface area contributed by atoms with Gasteiger partial charge in [-0.1, -0.05) is 18.2 Å². The smallest absolute Gasteiger partial charge is 0.193 e. The molecule has 0 fully saturated rings. The first kappa shape index (κ1) is 12.5. The van der Waals surface area contributed by atoms with Crippen molar-refractivity contribution in [1.82, 2.24) is 9.38 Å². The molecule has 0 saturated heterocycles. The van der Waals surface area contributed by atoms with Crippen LogP contribution >= 0.6 is 22.9 Å². The number of fused-ring (bicyclic) bond motifs is 1. The molecular weight excluding hydrogens is 280 g/mol. The minimum atomic E-state index is 0.454. The van der Waals surface area contributed by atoms with Crippen molar-refractivity contribution in [3.8, 4) is 5.75 Å². The van der Waals surface area contributed by atoms with Crippen LogP contribution in [0.5, 0.6) is 5.75 Å². The number of thiazole rings is 1. The number of benzene rings is 1. The van der Waals surface area contributed by atoms with Crippen molar-refractivity contribution < 1.29 is 4.74 Å². The number of ether oxygens (including phenoxy) is 1. The molecule has 19 heavy (non-hydrogen) atoms. The van der Waals surface area contributed by atoms with E-state index in [1.807, 2.05) is 47.3 Å². The molecule has 0 amide bonds. The van der Waals surface area contributed by atoms with Crippen LogP contribution < -0.4 is 4.74 Å². The second-order valence-electron chi connectivity index (χ2n) is 4.31. The fourth-order valence-electron chi connectivity index (χ4n) is 2.02. The van der Waals surface area contributed by atoms with Crippen LogP contribution in [-0.2, 0) is 12.5 Å². The maximum absolute atomic E-state index is 5.93. The Labute approximate surface area is 120 Å². The first-order chi connectivity index (χ1) is 9.28. The summed E-state index contributed by atoms with van der Waals surface area (Å²) in [6.07, 6.45) is 3.99. The number of imidazole rings is 1. The maximum atomic E-state index is 5.93. The molecule has 98 valence electrons. The highest BCUT2D eigenvalue weighted by Gasteiger charge is 2.08. The molecule has 3 nitrogen and oxygen atoms in total. The Morgan fingerprint density at radius 2 is 2.32 bits per heavy atom. The second-order valence-corrected chi connectivity index (χ2v) is 5.45. The predicted molar refractivity (Wildman–Crippen MR) is 78.1 cm³/mol. The lowest BCUT2D eigenvalue weighted by atomic mass is 10.1. The van der Waals surface area contributed by atoms with Gasteiger partial charge in [-0.3, -0.25) is 4.40 Å². The SMILES string of the molecule is Cc1cccc(CCl)c1OCc1cn2ccsc2n1. The molecule has 0 aliphatic carbocycles. The van der Waals surface area contributed by atoms with Gasteiger partial charge in [0.2, 0.25) is 0 Å². The van der Waals surface area contributed by atoms with E-state index in [1.165, 1.54) is 0 Å². The highest BCUT2D eigenvalue weighted by atomic mass is 35.5. The number of aryl methyl sites for hydroxylation is 1. The topological polar surface area (TPSA) is 26.5 Å². The van der Waals surface area contributed by atoms with E-state index in [1.54, 1.807) is 11.3 Å². The van der Waals surface area contributed by atoms with Crippen molar-refractivity contribution in [2.45, 2.75) is 19.4 Å². The van der Waals surface area contributed by atoms with Crippen LogP contribution in [-0.4, -0.2) is 9.38 Å². The summed E-state index contributed by atoms with van der Waals surface area (Å²) in [5.74, 6) is 1.32. The third kappa shape index (κ3) is 2.46. The fraction of sp³-hybridized carbons (Fsp3) is 0.214. The molecule has 0 radical (unpaired) electrons. The minimum Gasteiger partial charge on any atom is -0.487 e. The van der Waals surface area contributed by atoms with E-state index in [9.17, 15) is 0 Å². The summed E-state index contributed by atoms with van der Waals surface area (Å²) in [6.45, 7) is 2.49. The number of hydrogen-bond donors (Lipinski definition) is 0. The minimum absolute atomic E-state index is 0.454. The van der Waals surface area contributed by atoms with Crippen LogP contribution in [0.3, 0.4) is 0 Å². The van der Waals surface area contributed by atoms with Gasteiger partial charge < -0.3 is 4.74 Å². The Morgan fingerprint density at radius 3 is 3.11 bits per heavy atom. The normalized spacial score (nSPS) is 11.1. The van der Waals surface area contributed by atoms with Crippen molar-refractivity contribution in [2.75, 3.05) is 0 Å². The Hall–Kier alpha value is -1.52. The molecule has 2 aromatic heterocycles.